The van der Waals surface area contributed by atoms with Crippen molar-refractivity contribution < 1.29 is 9.59 Å². The summed E-state index contributed by atoms with van der Waals surface area (Å²) in [4.78, 5) is 26.8. The van der Waals surface area contributed by atoms with Gasteiger partial charge in [0.15, 0.2) is 5.12 Å². The molecular weight excluding hydrogens is 290 g/mol. The van der Waals surface area contributed by atoms with Crippen molar-refractivity contribution in [2.24, 2.45) is 16.3 Å². The summed E-state index contributed by atoms with van der Waals surface area (Å²) in [6, 6.07) is 0. The van der Waals surface area contributed by atoms with Crippen LogP contribution in [0, 0.1) is 11.3 Å². The molecule has 0 bridgehead atoms. The molecule has 0 amide bonds. The van der Waals surface area contributed by atoms with E-state index in [-0.39, 0.29) is 15.9 Å². The van der Waals surface area contributed by atoms with E-state index in [2.05, 4.69) is 25.8 Å². The van der Waals surface area contributed by atoms with Crippen LogP contribution in [0.2, 0.25) is 0 Å². The molecule has 5 heteroatoms. The van der Waals surface area contributed by atoms with E-state index in [0.717, 1.165) is 29.9 Å². The van der Waals surface area contributed by atoms with E-state index >= 15 is 0 Å². The molecule has 0 aromatic carbocycles. The lowest BCUT2D eigenvalue weighted by Gasteiger charge is -2.27. The molecule has 0 aromatic rings. The van der Waals surface area contributed by atoms with E-state index < -0.39 is 0 Å². The number of thioether (sulfide) groups is 2. The van der Waals surface area contributed by atoms with Crippen LogP contribution in [-0.2, 0) is 9.59 Å². The highest BCUT2D eigenvalue weighted by molar-refractivity contribution is 8.18. The van der Waals surface area contributed by atoms with Crippen molar-refractivity contribution in [3.8, 4) is 0 Å². The van der Waals surface area contributed by atoms with Crippen LogP contribution in [0.15, 0.2) is 4.99 Å². The normalized spacial score (nSPS) is 21.6. The minimum Gasteiger partial charge on any atom is -0.303 e. The second-order valence-corrected chi connectivity index (χ2v) is 8.39. The molecule has 1 rings (SSSR count). The van der Waals surface area contributed by atoms with Gasteiger partial charge in [-0.05, 0) is 12.3 Å². The van der Waals surface area contributed by atoms with Crippen LogP contribution in [0.5, 0.6) is 0 Å². The maximum Gasteiger partial charge on any atom is 0.187 e. The summed E-state index contributed by atoms with van der Waals surface area (Å²) in [6.07, 6.45) is 4.82. The van der Waals surface area contributed by atoms with Crippen molar-refractivity contribution in [2.75, 3.05) is 5.75 Å². The third-order valence-electron chi connectivity index (χ3n) is 3.49. The number of carbonyl (C=O) groups excluding carboxylic acids is 2. The molecule has 2 unspecified atom stereocenters. The van der Waals surface area contributed by atoms with Crippen molar-refractivity contribution >= 4 is 40.0 Å². The van der Waals surface area contributed by atoms with Gasteiger partial charge in [0.1, 0.15) is 11.7 Å². The zero-order valence-electron chi connectivity index (χ0n) is 12.8. The molecular formula is C15H25NO2S2. The molecule has 1 aliphatic rings. The Hall–Kier alpha value is -0.290. The van der Waals surface area contributed by atoms with Crippen molar-refractivity contribution in [3.63, 3.8) is 0 Å². The smallest absolute Gasteiger partial charge is 0.187 e. The Morgan fingerprint density at radius 2 is 2.30 bits per heavy atom. The van der Waals surface area contributed by atoms with Gasteiger partial charge >= 0.3 is 0 Å². The highest BCUT2D eigenvalue weighted by Crippen LogP contribution is 2.40. The van der Waals surface area contributed by atoms with Gasteiger partial charge in [0.25, 0.3) is 0 Å². The topological polar surface area (TPSA) is 46.5 Å². The summed E-state index contributed by atoms with van der Waals surface area (Å²) >= 11 is 3.01. The Bertz CT molecular complexity index is 382. The van der Waals surface area contributed by atoms with Crippen LogP contribution in [0.1, 0.15) is 53.4 Å². The number of hydrogen-bond donors (Lipinski definition) is 0. The summed E-state index contributed by atoms with van der Waals surface area (Å²) in [6.45, 7) is 8.15. The lowest BCUT2D eigenvalue weighted by atomic mass is 9.82. The quantitative estimate of drug-likeness (QED) is 0.631. The Labute approximate surface area is 130 Å². The number of rotatable bonds is 8. The molecule has 1 heterocycles. The van der Waals surface area contributed by atoms with Gasteiger partial charge in [-0.15, -0.1) is 11.8 Å². The van der Waals surface area contributed by atoms with Crippen LogP contribution in [0.4, 0.5) is 0 Å². The fraction of sp³-hybridized carbons (Fsp3) is 0.800. The molecule has 20 heavy (non-hydrogen) atoms. The first-order valence-electron chi connectivity index (χ1n) is 7.19. The zero-order valence-corrected chi connectivity index (χ0v) is 14.5. The van der Waals surface area contributed by atoms with Gasteiger partial charge in [-0.2, -0.15) is 0 Å². The van der Waals surface area contributed by atoms with Gasteiger partial charge in [-0.1, -0.05) is 45.4 Å². The predicted octanol–water partition coefficient (Wildman–Crippen LogP) is 4.16. The molecule has 0 aliphatic carbocycles. The van der Waals surface area contributed by atoms with Gasteiger partial charge in [0.05, 0.1) is 5.04 Å². The molecule has 0 saturated heterocycles. The molecule has 0 spiro atoms. The molecule has 3 nitrogen and oxygen atoms in total. The maximum absolute atomic E-state index is 11.2. The summed E-state index contributed by atoms with van der Waals surface area (Å²) in [5, 5.41) is 1.20. The SMILES string of the molecule is CC(=O)SC1CSC(C(C)(CC=O)CCCC(C)C)=N1. The van der Waals surface area contributed by atoms with Gasteiger partial charge in [-0.25, -0.2) is 0 Å². The van der Waals surface area contributed by atoms with Gasteiger partial charge in [0.2, 0.25) is 0 Å². The molecule has 0 N–H and O–H groups in total. The van der Waals surface area contributed by atoms with E-state index in [4.69, 9.17) is 0 Å². The van der Waals surface area contributed by atoms with Crippen molar-refractivity contribution in [3.05, 3.63) is 0 Å². The highest BCUT2D eigenvalue weighted by atomic mass is 32.2. The zero-order chi connectivity index (χ0) is 15.2. The second-order valence-electron chi connectivity index (χ2n) is 6.03. The van der Waals surface area contributed by atoms with Gasteiger partial charge in [-0.3, -0.25) is 9.79 Å². The van der Waals surface area contributed by atoms with Crippen LogP contribution >= 0.6 is 23.5 Å². The standard InChI is InChI=1S/C15H25NO2S2/c1-11(2)6-5-7-15(4,8-9-17)14-16-13(10-19-14)20-12(3)18/h9,11,13H,5-8,10H2,1-4H3. The van der Waals surface area contributed by atoms with Gasteiger partial charge in [0, 0.05) is 24.5 Å². The monoisotopic (exact) mass is 315 g/mol. The van der Waals surface area contributed by atoms with E-state index in [0.29, 0.717) is 12.3 Å². The number of carbonyl (C=O) groups is 2. The van der Waals surface area contributed by atoms with E-state index in [1.54, 1.807) is 18.7 Å². The first-order valence-corrected chi connectivity index (χ1v) is 9.06. The predicted molar refractivity (Wildman–Crippen MR) is 89.4 cm³/mol. The number of nitrogens with zero attached hydrogens (tertiary/aromatic N) is 1. The second kappa shape index (κ2) is 8.23. The average Bonchev–Trinajstić information content (AvgIpc) is 2.77. The summed E-state index contributed by atoms with van der Waals surface area (Å²) in [5.74, 6) is 1.53. The lowest BCUT2D eigenvalue weighted by Crippen LogP contribution is -2.25. The summed E-state index contributed by atoms with van der Waals surface area (Å²) in [7, 11) is 0. The Morgan fingerprint density at radius 1 is 1.60 bits per heavy atom. The van der Waals surface area contributed by atoms with Crippen molar-refractivity contribution in [2.45, 2.75) is 58.8 Å². The third kappa shape index (κ3) is 5.60. The molecule has 2 atom stereocenters. The Kier molecular flexibility index (Phi) is 7.30. The first-order chi connectivity index (χ1) is 9.37. The Balaban J connectivity index is 2.69. The van der Waals surface area contributed by atoms with Crippen molar-refractivity contribution in [1.82, 2.24) is 0 Å². The minimum atomic E-state index is -0.145. The van der Waals surface area contributed by atoms with Crippen LogP contribution in [-0.4, -0.2) is 27.6 Å². The molecule has 1 aliphatic heterocycles. The van der Waals surface area contributed by atoms with Crippen LogP contribution < -0.4 is 0 Å². The van der Waals surface area contributed by atoms with E-state index in [1.807, 2.05) is 0 Å². The number of hydrogen-bond acceptors (Lipinski definition) is 5. The van der Waals surface area contributed by atoms with Crippen molar-refractivity contribution in [1.29, 1.82) is 0 Å². The maximum atomic E-state index is 11.2. The van der Waals surface area contributed by atoms with Crippen LogP contribution in [0.25, 0.3) is 0 Å². The average molecular weight is 316 g/mol. The molecule has 0 radical (unpaired) electrons. The summed E-state index contributed by atoms with van der Waals surface area (Å²) < 4.78 is 0. The Morgan fingerprint density at radius 3 is 2.85 bits per heavy atom. The third-order valence-corrected chi connectivity index (χ3v) is 5.93. The number of aldehydes is 1. The minimum absolute atomic E-state index is 0.0311. The molecule has 0 aromatic heterocycles. The summed E-state index contributed by atoms with van der Waals surface area (Å²) in [5.41, 5.74) is -0.145. The fourth-order valence-corrected chi connectivity index (χ4v) is 4.51. The largest absolute Gasteiger partial charge is 0.303 e. The number of aliphatic imine (C=N–C) groups is 1. The molecule has 0 saturated carbocycles. The fourth-order valence-electron chi connectivity index (χ4n) is 2.32. The molecule has 114 valence electrons. The van der Waals surface area contributed by atoms with E-state index in [9.17, 15) is 9.59 Å². The lowest BCUT2D eigenvalue weighted by molar-refractivity contribution is -0.109. The van der Waals surface area contributed by atoms with E-state index in [1.165, 1.54) is 18.2 Å². The van der Waals surface area contributed by atoms with Gasteiger partial charge < -0.3 is 4.79 Å². The van der Waals surface area contributed by atoms with Crippen LogP contribution in [0.3, 0.4) is 0 Å². The first kappa shape index (κ1) is 17.8. The highest BCUT2D eigenvalue weighted by Gasteiger charge is 2.35. The molecule has 0 fully saturated rings.